The van der Waals surface area contributed by atoms with E-state index in [1.54, 1.807) is 25.1 Å². The van der Waals surface area contributed by atoms with E-state index in [4.69, 9.17) is 11.6 Å². The second-order valence-electron chi connectivity index (χ2n) is 3.68. The van der Waals surface area contributed by atoms with Crippen LogP contribution in [0.2, 0.25) is 5.02 Å². The van der Waals surface area contributed by atoms with Crippen molar-refractivity contribution in [2.24, 2.45) is 0 Å². The molecule has 0 spiro atoms. The van der Waals surface area contributed by atoms with Gasteiger partial charge >= 0.3 is 0 Å². The molecule has 1 unspecified atom stereocenters. The summed E-state index contributed by atoms with van der Waals surface area (Å²) >= 11 is 7.36. The van der Waals surface area contributed by atoms with Gasteiger partial charge in [0.15, 0.2) is 0 Å². The van der Waals surface area contributed by atoms with Crippen molar-refractivity contribution in [3.8, 4) is 0 Å². The van der Waals surface area contributed by atoms with Gasteiger partial charge in [0, 0.05) is 0 Å². The minimum atomic E-state index is -1.18. The standard InChI is InChI=1S/C12H10ClFOS/c1-12(15,11-10(13)6-7-16-11)8-2-4-9(14)5-3-8/h2-7,15H,1H3. The van der Waals surface area contributed by atoms with Crippen molar-refractivity contribution < 1.29 is 9.50 Å². The summed E-state index contributed by atoms with van der Waals surface area (Å²) in [5.41, 5.74) is -0.558. The van der Waals surface area contributed by atoms with Crippen molar-refractivity contribution in [2.75, 3.05) is 0 Å². The molecule has 1 nitrogen and oxygen atoms in total. The highest BCUT2D eigenvalue weighted by molar-refractivity contribution is 7.10. The molecule has 0 amide bonds. The van der Waals surface area contributed by atoms with E-state index in [9.17, 15) is 9.50 Å². The number of halogens is 2. The Morgan fingerprint density at radius 1 is 1.25 bits per heavy atom. The van der Waals surface area contributed by atoms with Crippen molar-refractivity contribution in [1.29, 1.82) is 0 Å². The molecule has 1 atom stereocenters. The van der Waals surface area contributed by atoms with Crippen LogP contribution in [0.15, 0.2) is 35.7 Å². The molecule has 1 aromatic carbocycles. The zero-order valence-corrected chi connectivity index (χ0v) is 10.1. The third-order valence-electron chi connectivity index (χ3n) is 2.47. The fourth-order valence-electron chi connectivity index (χ4n) is 1.55. The number of benzene rings is 1. The van der Waals surface area contributed by atoms with Gasteiger partial charge in [0.25, 0.3) is 0 Å². The van der Waals surface area contributed by atoms with Gasteiger partial charge in [-0.3, -0.25) is 0 Å². The molecule has 0 aliphatic heterocycles. The van der Waals surface area contributed by atoms with Crippen LogP contribution < -0.4 is 0 Å². The van der Waals surface area contributed by atoms with E-state index < -0.39 is 5.60 Å². The summed E-state index contributed by atoms with van der Waals surface area (Å²) in [4.78, 5) is 0.667. The monoisotopic (exact) mass is 256 g/mol. The lowest BCUT2D eigenvalue weighted by Crippen LogP contribution is -2.21. The lowest BCUT2D eigenvalue weighted by atomic mass is 9.94. The van der Waals surface area contributed by atoms with Gasteiger partial charge in [0.2, 0.25) is 0 Å². The van der Waals surface area contributed by atoms with Crippen LogP contribution in [-0.2, 0) is 5.60 Å². The molecule has 0 saturated carbocycles. The number of hydrogen-bond acceptors (Lipinski definition) is 2. The molecule has 0 fully saturated rings. The molecular weight excluding hydrogens is 247 g/mol. The highest BCUT2D eigenvalue weighted by atomic mass is 35.5. The average molecular weight is 257 g/mol. The van der Waals surface area contributed by atoms with Gasteiger partial charge in [0.1, 0.15) is 11.4 Å². The highest BCUT2D eigenvalue weighted by Crippen LogP contribution is 2.37. The number of hydrogen-bond donors (Lipinski definition) is 1. The maximum atomic E-state index is 12.8. The molecule has 1 aromatic heterocycles. The summed E-state index contributed by atoms with van der Waals surface area (Å²) < 4.78 is 12.8. The van der Waals surface area contributed by atoms with E-state index >= 15 is 0 Å². The first-order valence-electron chi connectivity index (χ1n) is 4.73. The van der Waals surface area contributed by atoms with Gasteiger partial charge in [-0.15, -0.1) is 11.3 Å². The second kappa shape index (κ2) is 4.17. The maximum Gasteiger partial charge on any atom is 0.123 e. The summed E-state index contributed by atoms with van der Waals surface area (Å²) in [7, 11) is 0. The third kappa shape index (κ3) is 1.98. The molecule has 0 aliphatic carbocycles. The molecule has 1 heterocycles. The van der Waals surface area contributed by atoms with Crippen LogP contribution in [0.3, 0.4) is 0 Å². The predicted octanol–water partition coefficient (Wildman–Crippen LogP) is 3.80. The van der Waals surface area contributed by atoms with Crippen molar-refractivity contribution in [3.05, 3.63) is 57.0 Å². The molecule has 84 valence electrons. The van der Waals surface area contributed by atoms with Crippen LogP contribution in [0.4, 0.5) is 4.39 Å². The first-order valence-corrected chi connectivity index (χ1v) is 5.99. The van der Waals surface area contributed by atoms with Gasteiger partial charge in [-0.1, -0.05) is 23.7 Å². The van der Waals surface area contributed by atoms with Crippen LogP contribution in [0.1, 0.15) is 17.4 Å². The zero-order chi connectivity index (χ0) is 11.8. The molecular formula is C12H10ClFOS. The maximum absolute atomic E-state index is 12.8. The Hall–Kier alpha value is -0.900. The first-order chi connectivity index (χ1) is 7.51. The molecule has 0 bridgehead atoms. The quantitative estimate of drug-likeness (QED) is 0.867. The van der Waals surface area contributed by atoms with Gasteiger partial charge in [-0.25, -0.2) is 4.39 Å². The molecule has 0 saturated heterocycles. The van der Waals surface area contributed by atoms with E-state index in [2.05, 4.69) is 0 Å². The van der Waals surface area contributed by atoms with Crippen LogP contribution in [0.5, 0.6) is 0 Å². The fraction of sp³-hybridized carbons (Fsp3) is 0.167. The van der Waals surface area contributed by atoms with Crippen LogP contribution >= 0.6 is 22.9 Å². The number of aliphatic hydroxyl groups is 1. The Labute approximate surface area is 102 Å². The number of thiophene rings is 1. The van der Waals surface area contributed by atoms with E-state index in [0.717, 1.165) is 0 Å². The largest absolute Gasteiger partial charge is 0.380 e. The minimum Gasteiger partial charge on any atom is -0.380 e. The minimum absolute atomic E-state index is 0.322. The van der Waals surface area contributed by atoms with E-state index in [1.807, 2.05) is 5.38 Å². The first kappa shape index (κ1) is 11.6. The fourth-order valence-corrected chi connectivity index (χ4v) is 2.87. The van der Waals surface area contributed by atoms with Crippen molar-refractivity contribution in [2.45, 2.75) is 12.5 Å². The lowest BCUT2D eigenvalue weighted by Gasteiger charge is -2.23. The van der Waals surface area contributed by atoms with E-state index in [-0.39, 0.29) is 5.82 Å². The van der Waals surface area contributed by atoms with Crippen molar-refractivity contribution in [1.82, 2.24) is 0 Å². The second-order valence-corrected chi connectivity index (χ2v) is 5.00. The Kier molecular flexibility index (Phi) is 3.02. The van der Waals surface area contributed by atoms with Gasteiger partial charge in [-0.2, -0.15) is 0 Å². The van der Waals surface area contributed by atoms with Crippen LogP contribution in [-0.4, -0.2) is 5.11 Å². The van der Waals surface area contributed by atoms with E-state index in [0.29, 0.717) is 15.5 Å². The SMILES string of the molecule is CC(O)(c1ccc(F)cc1)c1sccc1Cl. The summed E-state index contributed by atoms with van der Waals surface area (Å²) in [6.45, 7) is 1.65. The Balaban J connectivity index is 2.46. The summed E-state index contributed by atoms with van der Waals surface area (Å²) in [5.74, 6) is -0.322. The number of rotatable bonds is 2. The molecule has 0 aliphatic rings. The Morgan fingerprint density at radius 2 is 1.88 bits per heavy atom. The molecule has 4 heteroatoms. The molecule has 0 radical (unpaired) electrons. The smallest absolute Gasteiger partial charge is 0.123 e. The van der Waals surface area contributed by atoms with E-state index in [1.165, 1.54) is 23.5 Å². The van der Waals surface area contributed by atoms with Gasteiger partial charge < -0.3 is 5.11 Å². The topological polar surface area (TPSA) is 20.2 Å². The molecule has 1 N–H and O–H groups in total. The van der Waals surface area contributed by atoms with Crippen LogP contribution in [0, 0.1) is 5.82 Å². The zero-order valence-electron chi connectivity index (χ0n) is 8.58. The molecule has 2 aromatic rings. The van der Waals surface area contributed by atoms with Crippen molar-refractivity contribution in [3.63, 3.8) is 0 Å². The van der Waals surface area contributed by atoms with Gasteiger partial charge in [-0.05, 0) is 36.1 Å². The molecule has 16 heavy (non-hydrogen) atoms. The van der Waals surface area contributed by atoms with Crippen LogP contribution in [0.25, 0.3) is 0 Å². The molecule has 2 rings (SSSR count). The average Bonchev–Trinajstić information content (AvgIpc) is 2.66. The van der Waals surface area contributed by atoms with Crippen molar-refractivity contribution >= 4 is 22.9 Å². The summed E-state index contributed by atoms with van der Waals surface area (Å²) in [6.07, 6.45) is 0. The summed E-state index contributed by atoms with van der Waals surface area (Å²) in [6, 6.07) is 7.51. The summed E-state index contributed by atoms with van der Waals surface area (Å²) in [5, 5.41) is 12.8. The Bertz CT molecular complexity index is 490. The lowest BCUT2D eigenvalue weighted by molar-refractivity contribution is 0.106. The predicted molar refractivity (Wildman–Crippen MR) is 64.4 cm³/mol. The van der Waals surface area contributed by atoms with Gasteiger partial charge in [0.05, 0.1) is 9.90 Å². The normalized spacial score (nSPS) is 14.8. The Morgan fingerprint density at radius 3 is 2.38 bits per heavy atom. The highest BCUT2D eigenvalue weighted by Gasteiger charge is 2.29. The third-order valence-corrected chi connectivity index (χ3v) is 4.02.